The lowest BCUT2D eigenvalue weighted by Gasteiger charge is -2.21. The Bertz CT molecular complexity index is 644. The summed E-state index contributed by atoms with van der Waals surface area (Å²) in [5.41, 5.74) is 1.82. The normalized spacial score (nSPS) is 34.0. The Labute approximate surface area is 142 Å². The van der Waals surface area contributed by atoms with E-state index in [0.717, 1.165) is 12.8 Å². The van der Waals surface area contributed by atoms with Crippen molar-refractivity contribution in [3.63, 3.8) is 0 Å². The van der Waals surface area contributed by atoms with E-state index in [1.54, 1.807) is 11.0 Å². The molecule has 0 aromatic carbocycles. The number of rotatable bonds is 6. The van der Waals surface area contributed by atoms with Gasteiger partial charge in [-0.2, -0.15) is 0 Å². The molecule has 0 radical (unpaired) electrons. The number of allylic oxidation sites excluding steroid dienone is 3. The van der Waals surface area contributed by atoms with Crippen molar-refractivity contribution in [3.05, 3.63) is 35.5 Å². The van der Waals surface area contributed by atoms with Gasteiger partial charge in [-0.3, -0.25) is 9.59 Å². The molecule has 4 atom stereocenters. The molecule has 1 spiro atoms. The summed E-state index contributed by atoms with van der Waals surface area (Å²) < 4.78 is 5.87. The van der Waals surface area contributed by atoms with Gasteiger partial charge in [0.1, 0.15) is 11.5 Å². The van der Waals surface area contributed by atoms with Gasteiger partial charge in [-0.25, -0.2) is 0 Å². The largest absolute Gasteiger partial charge is 0.481 e. The van der Waals surface area contributed by atoms with Gasteiger partial charge in [0, 0.05) is 6.54 Å². The Balaban J connectivity index is 1.66. The quantitative estimate of drug-likeness (QED) is 0.760. The van der Waals surface area contributed by atoms with Gasteiger partial charge in [-0.1, -0.05) is 35.5 Å². The van der Waals surface area contributed by atoms with Crippen LogP contribution in [-0.4, -0.2) is 46.7 Å². The Morgan fingerprint density at radius 1 is 1.42 bits per heavy atom. The second kappa shape index (κ2) is 6.20. The first kappa shape index (κ1) is 17.0. The van der Waals surface area contributed by atoms with Crippen molar-refractivity contribution in [2.24, 2.45) is 11.8 Å². The Hall–Kier alpha value is -1.88. The smallest absolute Gasteiger partial charge is 0.310 e. The molecule has 2 bridgehead atoms. The lowest BCUT2D eigenvalue weighted by atomic mass is 9.77. The molecule has 0 unspecified atom stereocenters. The maximum atomic E-state index is 12.7. The van der Waals surface area contributed by atoms with Crippen LogP contribution in [0.25, 0.3) is 0 Å². The van der Waals surface area contributed by atoms with Crippen LogP contribution >= 0.6 is 0 Å². The van der Waals surface area contributed by atoms with Gasteiger partial charge in [0.15, 0.2) is 0 Å². The molecule has 1 amide bonds. The summed E-state index contributed by atoms with van der Waals surface area (Å²) in [6.07, 6.45) is 9.48. The first-order chi connectivity index (χ1) is 11.3. The summed E-state index contributed by atoms with van der Waals surface area (Å²) in [4.78, 5) is 26.0. The molecule has 3 rings (SSSR count). The average molecular weight is 331 g/mol. The summed E-state index contributed by atoms with van der Waals surface area (Å²) in [6, 6.07) is 0. The summed E-state index contributed by atoms with van der Waals surface area (Å²) in [7, 11) is 0. The van der Waals surface area contributed by atoms with E-state index >= 15 is 0 Å². The minimum absolute atomic E-state index is 0.0948. The number of hydrogen-bond acceptors (Lipinski definition) is 3. The molecule has 5 heteroatoms. The molecule has 0 aromatic heterocycles. The van der Waals surface area contributed by atoms with E-state index < -0.39 is 29.5 Å². The number of nitrogens with zero attached hydrogens (tertiary/aromatic N) is 1. The van der Waals surface area contributed by atoms with Crippen LogP contribution < -0.4 is 0 Å². The molecule has 130 valence electrons. The summed E-state index contributed by atoms with van der Waals surface area (Å²) >= 11 is 0. The molecule has 3 aliphatic heterocycles. The minimum Gasteiger partial charge on any atom is -0.481 e. The molecule has 2 saturated heterocycles. The number of carboxylic acids is 1. The van der Waals surface area contributed by atoms with Crippen LogP contribution in [0.3, 0.4) is 0 Å². The van der Waals surface area contributed by atoms with Crippen LogP contribution in [0.4, 0.5) is 0 Å². The molecule has 0 aliphatic carbocycles. The highest BCUT2D eigenvalue weighted by molar-refractivity contribution is 5.90. The third-order valence-corrected chi connectivity index (χ3v) is 5.22. The molecule has 0 saturated carbocycles. The fourth-order valence-electron chi connectivity index (χ4n) is 3.97. The van der Waals surface area contributed by atoms with Gasteiger partial charge in [0.05, 0.1) is 18.6 Å². The van der Waals surface area contributed by atoms with Crippen LogP contribution in [0.15, 0.2) is 35.5 Å². The Kier molecular flexibility index (Phi) is 4.38. The van der Waals surface area contributed by atoms with Crippen molar-refractivity contribution < 1.29 is 19.4 Å². The summed E-state index contributed by atoms with van der Waals surface area (Å²) in [5.74, 6) is -2.37. The van der Waals surface area contributed by atoms with Crippen molar-refractivity contribution in [1.82, 2.24) is 4.90 Å². The van der Waals surface area contributed by atoms with E-state index in [-0.39, 0.29) is 5.91 Å². The number of carbonyl (C=O) groups excluding carboxylic acids is 1. The van der Waals surface area contributed by atoms with Crippen molar-refractivity contribution >= 4 is 11.9 Å². The van der Waals surface area contributed by atoms with Gasteiger partial charge in [0.25, 0.3) is 0 Å². The topological polar surface area (TPSA) is 66.8 Å². The second-order valence-corrected chi connectivity index (χ2v) is 7.33. The number of hydrogen-bond donors (Lipinski definition) is 1. The van der Waals surface area contributed by atoms with Crippen molar-refractivity contribution in [3.8, 4) is 0 Å². The molecule has 1 N–H and O–H groups in total. The highest BCUT2D eigenvalue weighted by Crippen LogP contribution is 2.51. The average Bonchev–Trinajstić information content (AvgIpc) is 3.13. The van der Waals surface area contributed by atoms with Crippen LogP contribution in [0, 0.1) is 11.8 Å². The second-order valence-electron chi connectivity index (χ2n) is 7.33. The lowest BCUT2D eigenvalue weighted by Crippen LogP contribution is -2.39. The Morgan fingerprint density at radius 2 is 2.17 bits per heavy atom. The van der Waals surface area contributed by atoms with E-state index in [0.29, 0.717) is 13.1 Å². The van der Waals surface area contributed by atoms with Crippen LogP contribution in [0.2, 0.25) is 0 Å². The van der Waals surface area contributed by atoms with Crippen LogP contribution in [-0.2, 0) is 14.3 Å². The number of ether oxygens (including phenoxy) is 1. The zero-order chi connectivity index (χ0) is 17.5. The van der Waals surface area contributed by atoms with Crippen molar-refractivity contribution in [1.29, 1.82) is 0 Å². The summed E-state index contributed by atoms with van der Waals surface area (Å²) in [5, 5.41) is 9.44. The molecule has 0 aromatic rings. The van der Waals surface area contributed by atoms with Gasteiger partial charge in [0.2, 0.25) is 5.91 Å². The molecule has 24 heavy (non-hydrogen) atoms. The van der Waals surface area contributed by atoms with E-state index in [4.69, 9.17) is 4.74 Å². The molecular weight excluding hydrogens is 306 g/mol. The predicted octanol–water partition coefficient (Wildman–Crippen LogP) is 2.55. The van der Waals surface area contributed by atoms with Gasteiger partial charge >= 0.3 is 5.97 Å². The maximum Gasteiger partial charge on any atom is 0.310 e. The first-order valence-electron chi connectivity index (χ1n) is 8.52. The number of carboxylic acid groups (broad SMARTS) is 1. The third kappa shape index (κ3) is 2.81. The lowest BCUT2D eigenvalue weighted by molar-refractivity contribution is -0.147. The zero-order valence-corrected chi connectivity index (χ0v) is 14.5. The van der Waals surface area contributed by atoms with E-state index in [1.807, 2.05) is 6.08 Å². The molecule has 3 heterocycles. The number of aliphatic carboxylic acids is 1. The van der Waals surface area contributed by atoms with Crippen molar-refractivity contribution in [2.75, 3.05) is 13.1 Å². The van der Waals surface area contributed by atoms with E-state index in [2.05, 4.69) is 32.9 Å². The predicted molar refractivity (Wildman–Crippen MR) is 90.4 cm³/mol. The number of likely N-dealkylation sites (tertiary alicyclic amines) is 1. The molecule has 3 aliphatic rings. The Morgan fingerprint density at radius 3 is 2.83 bits per heavy atom. The van der Waals surface area contributed by atoms with Crippen molar-refractivity contribution in [2.45, 2.75) is 45.3 Å². The van der Waals surface area contributed by atoms with Crippen LogP contribution in [0.1, 0.15) is 33.6 Å². The minimum atomic E-state index is -0.945. The zero-order valence-electron chi connectivity index (χ0n) is 14.5. The number of amides is 1. The van der Waals surface area contributed by atoms with Gasteiger partial charge in [-0.15, -0.1) is 0 Å². The third-order valence-electron chi connectivity index (χ3n) is 5.22. The molecule has 2 fully saturated rings. The van der Waals surface area contributed by atoms with Crippen LogP contribution in [0.5, 0.6) is 0 Å². The van der Waals surface area contributed by atoms with Gasteiger partial charge < -0.3 is 14.7 Å². The molecular formula is C19H25NO4. The number of fused-ring (bicyclic) bond motifs is 1. The SMILES string of the molecule is CC(C)=CCC/C(C)=C\CN1C[C@]23C=C[C@H](O2)[C@H](C(=O)O)[C@@H]3C1=O. The fourth-order valence-corrected chi connectivity index (χ4v) is 3.97. The maximum absolute atomic E-state index is 12.7. The summed E-state index contributed by atoms with van der Waals surface area (Å²) in [6.45, 7) is 7.21. The fraction of sp³-hybridized carbons (Fsp3) is 0.579. The first-order valence-corrected chi connectivity index (χ1v) is 8.52. The molecule has 5 nitrogen and oxygen atoms in total. The number of carbonyl (C=O) groups is 2. The monoisotopic (exact) mass is 331 g/mol. The van der Waals surface area contributed by atoms with E-state index in [1.165, 1.54) is 11.1 Å². The standard InChI is InChI=1S/C19H25NO4/c1-12(2)5-4-6-13(3)8-10-20-11-19-9-7-14(24-19)15(18(22)23)16(19)17(20)21/h5,7-9,14-16H,4,6,10-11H2,1-3H3,(H,22,23)/b13-8-/t14-,15-,16+,19-/m0/s1. The highest BCUT2D eigenvalue weighted by Gasteiger charge is 2.66. The van der Waals surface area contributed by atoms with E-state index in [9.17, 15) is 14.7 Å². The van der Waals surface area contributed by atoms with Gasteiger partial charge in [-0.05, 0) is 33.6 Å². The highest BCUT2D eigenvalue weighted by atomic mass is 16.5.